The van der Waals surface area contributed by atoms with E-state index in [0.717, 1.165) is 69.2 Å². The average molecular weight is 1520 g/mol. The predicted octanol–water partition coefficient (Wildman–Crippen LogP) is 35.7. The van der Waals surface area contributed by atoms with E-state index in [9.17, 15) is 5.53 Å². The van der Waals surface area contributed by atoms with Crippen LogP contribution in [0.2, 0.25) is 0 Å². The van der Waals surface area contributed by atoms with Crippen LogP contribution in [0.5, 0.6) is 0 Å². The number of allylic oxidation sites excluding steroid dienone is 2. The summed E-state index contributed by atoms with van der Waals surface area (Å²) in [5.74, 6) is 0. The summed E-state index contributed by atoms with van der Waals surface area (Å²) in [5, 5.41) is 0. The normalized spacial score (nSPS) is 12.1. The number of hydrogen-bond acceptors (Lipinski definition) is 0. The van der Waals surface area contributed by atoms with Gasteiger partial charge in [-0.1, -0.05) is 428 Å². The molecule has 2 aromatic carbocycles. The smallest absolute Gasteiger partial charge is 0.493 e. The van der Waals surface area contributed by atoms with Crippen LogP contribution in [0.4, 0.5) is 0 Å². The van der Waals surface area contributed by atoms with Crippen molar-refractivity contribution < 1.29 is 25.1 Å². The van der Waals surface area contributed by atoms with Crippen molar-refractivity contribution in [1.82, 2.24) is 0 Å². The number of rotatable bonds is 73. The molecule has 1 aliphatic rings. The van der Waals surface area contributed by atoms with E-state index < -0.39 is 0 Å². The fourth-order valence-electron chi connectivity index (χ4n) is 15.9. The molecule has 0 saturated carbocycles. The van der Waals surface area contributed by atoms with Gasteiger partial charge in [0.2, 0.25) is 11.4 Å². The molecular formula is C100H182N2Pd. The Hall–Kier alpha value is -1.82. The van der Waals surface area contributed by atoms with Gasteiger partial charge in [-0.25, -0.2) is 4.70 Å². The Bertz CT molecular complexity index is 2040. The summed E-state index contributed by atoms with van der Waals surface area (Å²) >= 11 is 0. The van der Waals surface area contributed by atoms with Crippen molar-refractivity contribution in [2.24, 2.45) is 0 Å². The molecular weight excluding hydrogens is 1340 g/mol. The van der Waals surface area contributed by atoms with Crippen molar-refractivity contribution in [3.8, 4) is 0 Å². The minimum absolute atomic E-state index is 0. The average Bonchev–Trinajstić information content (AvgIpc) is 1.80. The molecule has 0 saturated heterocycles. The number of nitrogens with zero attached hydrogens (tertiary/aromatic N) is 2. The summed E-state index contributed by atoms with van der Waals surface area (Å²) in [6.07, 6.45) is 102. The Morgan fingerprint density at radius 3 is 0.650 bits per heavy atom. The zero-order chi connectivity index (χ0) is 74.1. The van der Waals surface area contributed by atoms with Crippen molar-refractivity contribution in [2.45, 2.75) is 531 Å². The molecule has 1 heterocycles. The molecule has 1 aliphatic heterocycles. The fourth-order valence-corrected chi connectivity index (χ4v) is 15.9. The van der Waals surface area contributed by atoms with Crippen molar-refractivity contribution in [3.63, 3.8) is 0 Å². The van der Waals surface area contributed by atoms with Gasteiger partial charge in [-0.3, -0.25) is 0 Å². The monoisotopic (exact) mass is 1520 g/mol. The largest absolute Gasteiger partial charge is 2.00 e. The van der Waals surface area contributed by atoms with E-state index in [0.29, 0.717) is 0 Å². The maximum absolute atomic E-state index is 12.4. The second kappa shape index (κ2) is 78.3. The van der Waals surface area contributed by atoms with E-state index in [4.69, 9.17) is 0 Å². The first-order valence-corrected chi connectivity index (χ1v) is 47.1. The van der Waals surface area contributed by atoms with E-state index in [2.05, 4.69) is 107 Å². The Morgan fingerprint density at radius 2 is 0.427 bits per heavy atom. The fraction of sp³-hybridized carbons (Fsp3) is 0.820. The van der Waals surface area contributed by atoms with Gasteiger partial charge in [0.05, 0.1) is 0 Å². The molecule has 0 aliphatic carbocycles. The molecule has 0 atom stereocenters. The summed E-state index contributed by atoms with van der Waals surface area (Å²) in [4.78, 5) is 0. The first-order chi connectivity index (χ1) is 50.3. The van der Waals surface area contributed by atoms with Gasteiger partial charge < -0.3 is 19.4 Å². The van der Waals surface area contributed by atoms with Gasteiger partial charge >= 0.3 is 20.4 Å². The van der Waals surface area contributed by atoms with E-state index in [1.807, 2.05) is 0 Å². The van der Waals surface area contributed by atoms with Crippen LogP contribution in [0.1, 0.15) is 537 Å². The first kappa shape index (κ1) is 101. The molecule has 2 nitrogen and oxygen atoms in total. The molecule has 0 fully saturated rings. The number of benzene rings is 2. The van der Waals surface area contributed by atoms with E-state index >= 15 is 0 Å². The molecule has 3 rings (SSSR count). The SMILES string of the molecule is CCCCCc1cc(C2=CC(CCCC)=C(c3cc(CCCCC)c(CCCC)c(CCCCC)c3)[N+]2=[N-])cc(CCCCC)c1CCCC.[CH2-]CCCCCCCCCCCCCCCCCCCCCCCCC.[CH2-]CCCCCCCCCCCCCCCCCCCCCCCCC.[Pd+2]. The zero-order valence-electron chi connectivity index (χ0n) is 71.6. The molecule has 2 aromatic rings. The second-order valence-corrected chi connectivity index (χ2v) is 32.7. The van der Waals surface area contributed by atoms with Crippen molar-refractivity contribution in [3.05, 3.63) is 99.8 Å². The van der Waals surface area contributed by atoms with Gasteiger partial charge in [0.15, 0.2) is 0 Å². The number of unbranched alkanes of at least 4 members (excludes halogenated alkanes) is 57. The summed E-state index contributed by atoms with van der Waals surface area (Å²) < 4.78 is 1.62. The zero-order valence-corrected chi connectivity index (χ0v) is 73.2. The van der Waals surface area contributed by atoms with Crippen LogP contribution in [0.15, 0.2) is 35.9 Å². The summed E-state index contributed by atoms with van der Waals surface area (Å²) in [7, 11) is 0. The molecule has 602 valence electrons. The van der Waals surface area contributed by atoms with Gasteiger partial charge in [0.1, 0.15) is 0 Å². The predicted molar refractivity (Wildman–Crippen MR) is 465 cm³/mol. The Morgan fingerprint density at radius 1 is 0.233 bits per heavy atom. The third kappa shape index (κ3) is 55.3. The van der Waals surface area contributed by atoms with Gasteiger partial charge in [0, 0.05) is 22.8 Å². The van der Waals surface area contributed by atoms with Gasteiger partial charge in [-0.2, -0.15) is 12.8 Å². The van der Waals surface area contributed by atoms with Crippen molar-refractivity contribution in [2.75, 3.05) is 0 Å². The number of hydrogen-bond donors (Lipinski definition) is 0. The first-order valence-electron chi connectivity index (χ1n) is 47.1. The Kier molecular flexibility index (Phi) is 76.9. The molecule has 0 aromatic heterocycles. The number of aryl methyl sites for hydroxylation is 4. The Balaban J connectivity index is 0.00000166. The summed E-state index contributed by atoms with van der Waals surface area (Å²) in [6.45, 7) is 28.6. The molecule has 0 amide bonds. The van der Waals surface area contributed by atoms with Crippen LogP contribution in [0.3, 0.4) is 0 Å². The van der Waals surface area contributed by atoms with Crippen LogP contribution in [0, 0.1) is 13.8 Å². The Labute approximate surface area is 662 Å². The molecule has 0 unspecified atom stereocenters. The van der Waals surface area contributed by atoms with Crippen molar-refractivity contribution >= 4 is 11.4 Å². The van der Waals surface area contributed by atoms with E-state index in [1.165, 1.54) is 450 Å². The third-order valence-corrected chi connectivity index (χ3v) is 22.8. The van der Waals surface area contributed by atoms with Crippen molar-refractivity contribution in [1.29, 1.82) is 0 Å². The van der Waals surface area contributed by atoms with E-state index in [-0.39, 0.29) is 20.4 Å². The maximum Gasteiger partial charge on any atom is 2.00 e. The topological polar surface area (TPSA) is 25.3 Å². The minimum Gasteiger partial charge on any atom is -0.493 e. The molecule has 0 spiro atoms. The quantitative estimate of drug-likeness (QED) is 0.0273. The van der Waals surface area contributed by atoms with Gasteiger partial charge in [0.25, 0.3) is 0 Å². The van der Waals surface area contributed by atoms with Crippen LogP contribution in [0.25, 0.3) is 16.9 Å². The third-order valence-electron chi connectivity index (χ3n) is 22.8. The maximum atomic E-state index is 12.4. The van der Waals surface area contributed by atoms with Gasteiger partial charge in [-0.05, 0) is 148 Å². The molecule has 0 N–H and O–H groups in total. The standard InChI is InChI=1S/C48H76N2.2C26H53.Pd/c1-8-15-22-27-38-33-43(34-39(28-23-16-9-2)45(38)31-20-13-6)47-37-42(26-19-12-5)48(50(47)49)44-35-40(29-24-17-10-3)46(32-21-14-7)41(36-44)30-25-18-11-4;2*1-3-5-7-9-11-13-15-17-19-21-23-25-26-24-22-20-18-16-14-12-10-8-6-4-2;/h33-37H,8-32H2,1-7H3;2*1,3-26H2,2H3;/q;2*-1;+2. The second-order valence-electron chi connectivity index (χ2n) is 32.7. The molecule has 103 heavy (non-hydrogen) atoms. The van der Waals surface area contributed by atoms with Crippen LogP contribution < -0.4 is 0 Å². The van der Waals surface area contributed by atoms with E-state index in [1.54, 1.807) is 15.8 Å². The molecule has 0 bridgehead atoms. The minimum atomic E-state index is 0. The van der Waals surface area contributed by atoms with Crippen LogP contribution in [-0.4, -0.2) is 4.70 Å². The van der Waals surface area contributed by atoms with Gasteiger partial charge in [-0.15, -0.1) is 0 Å². The summed E-state index contributed by atoms with van der Waals surface area (Å²) in [5.41, 5.74) is 27.5. The van der Waals surface area contributed by atoms with Crippen LogP contribution in [-0.2, 0) is 58.9 Å². The van der Waals surface area contributed by atoms with Crippen LogP contribution >= 0.6 is 0 Å². The molecule has 0 radical (unpaired) electrons. The molecule has 3 heteroatoms. The summed E-state index contributed by atoms with van der Waals surface area (Å²) in [6, 6.07) is 9.93.